The van der Waals surface area contributed by atoms with Crippen molar-refractivity contribution < 1.29 is 4.42 Å². The molecule has 0 unspecified atom stereocenters. The van der Waals surface area contributed by atoms with Crippen molar-refractivity contribution in [3.63, 3.8) is 0 Å². The van der Waals surface area contributed by atoms with Gasteiger partial charge in [-0.1, -0.05) is 36.6 Å². The summed E-state index contributed by atoms with van der Waals surface area (Å²) in [7, 11) is 0. The molecular weight excluding hydrogens is 342 g/mol. The van der Waals surface area contributed by atoms with Gasteiger partial charge in [-0.05, 0) is 56.0 Å². The topological polar surface area (TPSA) is 34.2 Å². The minimum atomic E-state index is 0.419. The molecule has 128 valence electrons. The zero-order valence-corrected chi connectivity index (χ0v) is 15.2. The molecule has 0 amide bonds. The van der Waals surface area contributed by atoms with Crippen LogP contribution in [0.2, 0.25) is 5.02 Å². The lowest BCUT2D eigenvalue weighted by molar-refractivity contribution is 0.0318. The molecule has 2 aliphatic rings. The van der Waals surface area contributed by atoms with Crippen molar-refractivity contribution in [2.75, 3.05) is 6.54 Å². The summed E-state index contributed by atoms with van der Waals surface area (Å²) in [4.78, 5) is 2.96. The van der Waals surface area contributed by atoms with E-state index in [9.17, 15) is 0 Å². The van der Waals surface area contributed by atoms with Gasteiger partial charge in [-0.15, -0.1) is 5.10 Å². The SMILES string of the molecule is S=c1oc(-c2ccccc2Cl)nn1CN1CCC[C@H]2CCCC[C@@H]21. The smallest absolute Gasteiger partial charge is 0.288 e. The first kappa shape index (κ1) is 16.3. The van der Waals surface area contributed by atoms with E-state index in [-0.39, 0.29) is 0 Å². The van der Waals surface area contributed by atoms with Crippen LogP contribution in [0, 0.1) is 10.8 Å². The molecule has 2 aromatic rings. The Balaban J connectivity index is 1.57. The lowest BCUT2D eigenvalue weighted by Crippen LogP contribution is -2.47. The van der Waals surface area contributed by atoms with E-state index in [0.29, 0.717) is 28.5 Å². The highest BCUT2D eigenvalue weighted by Crippen LogP contribution is 2.35. The zero-order chi connectivity index (χ0) is 16.5. The standard InChI is InChI=1S/C18H22ClN3OS/c19-15-9-3-2-8-14(15)17-20-22(18(24)23-17)12-21-11-5-7-13-6-1-4-10-16(13)21/h2-3,8-9,13,16H,1,4-7,10-12H2/t13-,16+/m1/s1. The average molecular weight is 364 g/mol. The maximum Gasteiger partial charge on any atom is 0.288 e. The number of likely N-dealkylation sites (tertiary alicyclic amines) is 1. The summed E-state index contributed by atoms with van der Waals surface area (Å²) in [5.41, 5.74) is 0.790. The highest BCUT2D eigenvalue weighted by Gasteiger charge is 2.33. The number of hydrogen-bond donors (Lipinski definition) is 0. The first-order valence-corrected chi connectivity index (χ1v) is 9.58. The molecule has 2 atom stereocenters. The second-order valence-electron chi connectivity index (χ2n) is 6.86. The average Bonchev–Trinajstić information content (AvgIpc) is 2.96. The number of halogens is 1. The molecule has 2 heterocycles. The van der Waals surface area contributed by atoms with E-state index >= 15 is 0 Å². The molecule has 1 aliphatic carbocycles. The largest absolute Gasteiger partial charge is 0.409 e. The van der Waals surface area contributed by atoms with Crippen molar-refractivity contribution in [1.82, 2.24) is 14.7 Å². The molecule has 4 nitrogen and oxygen atoms in total. The molecule has 0 radical (unpaired) electrons. The summed E-state index contributed by atoms with van der Waals surface area (Å²) in [5.74, 6) is 1.35. The molecule has 4 rings (SSSR count). The van der Waals surface area contributed by atoms with Crippen molar-refractivity contribution in [2.24, 2.45) is 5.92 Å². The molecule has 6 heteroatoms. The Hall–Kier alpha value is -1.17. The van der Waals surface area contributed by atoms with Gasteiger partial charge in [0.05, 0.1) is 17.3 Å². The monoisotopic (exact) mass is 363 g/mol. The molecular formula is C18H22ClN3OS. The molecule has 1 aliphatic heterocycles. The third-order valence-electron chi connectivity index (χ3n) is 5.38. The van der Waals surface area contributed by atoms with E-state index in [1.807, 2.05) is 28.9 Å². The summed E-state index contributed by atoms with van der Waals surface area (Å²) in [6.07, 6.45) is 8.03. The van der Waals surface area contributed by atoms with Gasteiger partial charge in [-0.2, -0.15) is 0 Å². The Kier molecular flexibility index (Phi) is 4.74. The summed E-state index contributed by atoms with van der Waals surface area (Å²) in [6.45, 7) is 1.84. The second kappa shape index (κ2) is 6.98. The van der Waals surface area contributed by atoms with Crippen LogP contribution in [-0.2, 0) is 6.67 Å². The van der Waals surface area contributed by atoms with Crippen LogP contribution < -0.4 is 0 Å². The summed E-state index contributed by atoms with van der Waals surface area (Å²) in [6, 6.07) is 8.25. The number of rotatable bonds is 3. The molecule has 2 fully saturated rings. The molecule has 0 spiro atoms. The third kappa shape index (κ3) is 3.17. The minimum absolute atomic E-state index is 0.419. The second-order valence-corrected chi connectivity index (χ2v) is 7.62. The first-order valence-electron chi connectivity index (χ1n) is 8.79. The molecule has 1 aromatic heterocycles. The van der Waals surface area contributed by atoms with Crippen molar-refractivity contribution in [2.45, 2.75) is 51.2 Å². The van der Waals surface area contributed by atoms with E-state index in [1.54, 1.807) is 0 Å². The number of benzene rings is 1. The van der Waals surface area contributed by atoms with Crippen molar-refractivity contribution in [3.05, 3.63) is 34.1 Å². The van der Waals surface area contributed by atoms with E-state index in [1.165, 1.54) is 38.5 Å². The fourth-order valence-corrected chi connectivity index (χ4v) is 4.61. The van der Waals surface area contributed by atoms with Gasteiger partial charge < -0.3 is 4.42 Å². The Morgan fingerprint density at radius 1 is 1.17 bits per heavy atom. The van der Waals surface area contributed by atoms with Crippen LogP contribution in [0.1, 0.15) is 38.5 Å². The van der Waals surface area contributed by atoms with Crippen molar-refractivity contribution >= 4 is 23.8 Å². The quantitative estimate of drug-likeness (QED) is 0.707. The molecule has 1 saturated carbocycles. The summed E-state index contributed by atoms with van der Waals surface area (Å²) < 4.78 is 7.53. The van der Waals surface area contributed by atoms with Crippen LogP contribution in [0.4, 0.5) is 0 Å². The van der Waals surface area contributed by atoms with Gasteiger partial charge in [-0.25, -0.2) is 4.68 Å². The van der Waals surface area contributed by atoms with Gasteiger partial charge in [-0.3, -0.25) is 4.90 Å². The van der Waals surface area contributed by atoms with Crippen LogP contribution >= 0.6 is 23.8 Å². The van der Waals surface area contributed by atoms with E-state index in [4.69, 9.17) is 28.2 Å². The maximum atomic E-state index is 6.25. The molecule has 0 bridgehead atoms. The fraction of sp³-hybridized carbons (Fsp3) is 0.556. The molecule has 1 aromatic carbocycles. The third-order valence-corrected chi connectivity index (χ3v) is 6.01. The Morgan fingerprint density at radius 2 is 1.96 bits per heavy atom. The van der Waals surface area contributed by atoms with Gasteiger partial charge in [0, 0.05) is 12.6 Å². The predicted molar refractivity (Wildman–Crippen MR) is 97.5 cm³/mol. The Morgan fingerprint density at radius 3 is 2.83 bits per heavy atom. The maximum absolute atomic E-state index is 6.25. The summed E-state index contributed by atoms with van der Waals surface area (Å²) >= 11 is 11.6. The van der Waals surface area contributed by atoms with Crippen molar-refractivity contribution in [1.29, 1.82) is 0 Å². The van der Waals surface area contributed by atoms with Gasteiger partial charge >= 0.3 is 0 Å². The number of nitrogens with zero attached hydrogens (tertiary/aromatic N) is 3. The van der Waals surface area contributed by atoms with Crippen molar-refractivity contribution in [3.8, 4) is 11.5 Å². The molecule has 24 heavy (non-hydrogen) atoms. The van der Waals surface area contributed by atoms with Crippen LogP contribution in [-0.4, -0.2) is 27.3 Å². The highest BCUT2D eigenvalue weighted by molar-refractivity contribution is 7.71. The number of aromatic nitrogens is 2. The minimum Gasteiger partial charge on any atom is -0.409 e. The van der Waals surface area contributed by atoms with Crippen LogP contribution in [0.25, 0.3) is 11.5 Å². The van der Waals surface area contributed by atoms with Gasteiger partial charge in [0.15, 0.2) is 0 Å². The zero-order valence-electron chi connectivity index (χ0n) is 13.7. The van der Waals surface area contributed by atoms with Gasteiger partial charge in [0.2, 0.25) is 5.89 Å². The van der Waals surface area contributed by atoms with Crippen LogP contribution in [0.5, 0.6) is 0 Å². The summed E-state index contributed by atoms with van der Waals surface area (Å²) in [5, 5.41) is 5.22. The first-order chi connectivity index (χ1) is 11.7. The van der Waals surface area contributed by atoms with E-state index in [2.05, 4.69) is 10.00 Å². The number of hydrogen-bond acceptors (Lipinski definition) is 4. The lowest BCUT2D eigenvalue weighted by atomic mass is 9.78. The highest BCUT2D eigenvalue weighted by atomic mass is 35.5. The van der Waals surface area contributed by atoms with Crippen LogP contribution in [0.3, 0.4) is 0 Å². The molecule has 0 N–H and O–H groups in total. The Labute approximate surface area is 152 Å². The van der Waals surface area contributed by atoms with Gasteiger partial charge in [0.25, 0.3) is 4.84 Å². The Bertz CT molecular complexity index is 770. The fourth-order valence-electron chi connectivity index (χ4n) is 4.21. The predicted octanol–water partition coefficient (Wildman–Crippen LogP) is 5.14. The normalized spacial score (nSPS) is 24.7. The van der Waals surface area contributed by atoms with E-state index in [0.717, 1.165) is 18.0 Å². The number of piperidine rings is 1. The lowest BCUT2D eigenvalue weighted by Gasteiger charge is -2.43. The van der Waals surface area contributed by atoms with Gasteiger partial charge in [0.1, 0.15) is 0 Å². The van der Waals surface area contributed by atoms with E-state index < -0.39 is 0 Å². The van der Waals surface area contributed by atoms with Crippen LogP contribution in [0.15, 0.2) is 28.7 Å². The number of fused-ring (bicyclic) bond motifs is 1. The molecule has 1 saturated heterocycles.